The molecule has 0 atom stereocenters. The standard InChI is InChI=1S/C15H21NOS/c17-15(12-4-1-2-5-12)16(13-7-8-13)10-9-14-6-3-11-18-14/h3,6,11-13H,1-2,4-5,7-10H2. The molecule has 0 spiro atoms. The molecule has 2 aliphatic rings. The molecule has 98 valence electrons. The lowest BCUT2D eigenvalue weighted by molar-refractivity contribution is -0.135. The predicted octanol–water partition coefficient (Wildman–Crippen LogP) is 3.47. The van der Waals surface area contributed by atoms with Crippen molar-refractivity contribution in [3.05, 3.63) is 22.4 Å². The fourth-order valence-electron chi connectivity index (χ4n) is 2.95. The van der Waals surface area contributed by atoms with E-state index in [0.29, 0.717) is 17.9 Å². The van der Waals surface area contributed by atoms with E-state index in [4.69, 9.17) is 0 Å². The van der Waals surface area contributed by atoms with E-state index in [-0.39, 0.29) is 0 Å². The fraction of sp³-hybridized carbons (Fsp3) is 0.667. The molecule has 2 fully saturated rings. The van der Waals surface area contributed by atoms with Crippen molar-refractivity contribution in [2.75, 3.05) is 6.54 Å². The van der Waals surface area contributed by atoms with Crippen molar-refractivity contribution in [3.8, 4) is 0 Å². The van der Waals surface area contributed by atoms with Crippen LogP contribution >= 0.6 is 11.3 Å². The van der Waals surface area contributed by atoms with Gasteiger partial charge in [0.1, 0.15) is 0 Å². The zero-order chi connectivity index (χ0) is 12.4. The second kappa shape index (κ2) is 5.43. The van der Waals surface area contributed by atoms with Crippen LogP contribution in [0.25, 0.3) is 0 Å². The number of thiophene rings is 1. The summed E-state index contributed by atoms with van der Waals surface area (Å²) >= 11 is 1.80. The van der Waals surface area contributed by atoms with Gasteiger partial charge in [-0.05, 0) is 43.6 Å². The Kier molecular flexibility index (Phi) is 3.69. The Morgan fingerprint density at radius 3 is 2.67 bits per heavy atom. The quantitative estimate of drug-likeness (QED) is 0.796. The molecule has 1 aromatic rings. The number of hydrogen-bond acceptors (Lipinski definition) is 2. The van der Waals surface area contributed by atoms with Gasteiger partial charge >= 0.3 is 0 Å². The molecule has 0 bridgehead atoms. The minimum atomic E-state index is 0.342. The highest BCUT2D eigenvalue weighted by atomic mass is 32.1. The van der Waals surface area contributed by atoms with Gasteiger partial charge in [-0.2, -0.15) is 0 Å². The highest BCUT2D eigenvalue weighted by molar-refractivity contribution is 7.09. The lowest BCUT2D eigenvalue weighted by Crippen LogP contribution is -2.38. The van der Waals surface area contributed by atoms with E-state index in [1.807, 2.05) is 0 Å². The normalized spacial score (nSPS) is 20.2. The lowest BCUT2D eigenvalue weighted by Gasteiger charge is -2.25. The van der Waals surface area contributed by atoms with Crippen molar-refractivity contribution in [2.24, 2.45) is 5.92 Å². The van der Waals surface area contributed by atoms with Crippen molar-refractivity contribution >= 4 is 17.2 Å². The molecule has 1 amide bonds. The van der Waals surface area contributed by atoms with Crippen LogP contribution in [0, 0.1) is 5.92 Å². The highest BCUT2D eigenvalue weighted by Gasteiger charge is 2.36. The molecule has 0 aromatic carbocycles. The van der Waals surface area contributed by atoms with Crippen molar-refractivity contribution in [1.29, 1.82) is 0 Å². The molecule has 18 heavy (non-hydrogen) atoms. The highest BCUT2D eigenvalue weighted by Crippen LogP contribution is 2.33. The van der Waals surface area contributed by atoms with Crippen molar-refractivity contribution in [1.82, 2.24) is 4.90 Å². The summed E-state index contributed by atoms with van der Waals surface area (Å²) in [5.41, 5.74) is 0. The van der Waals surface area contributed by atoms with Crippen LogP contribution in [0.15, 0.2) is 17.5 Å². The van der Waals surface area contributed by atoms with E-state index >= 15 is 0 Å². The maximum atomic E-state index is 12.5. The van der Waals surface area contributed by atoms with Gasteiger partial charge in [0, 0.05) is 23.4 Å². The molecular formula is C15H21NOS. The average Bonchev–Trinajstić information content (AvgIpc) is 2.89. The Morgan fingerprint density at radius 2 is 2.06 bits per heavy atom. The first-order valence-electron chi connectivity index (χ1n) is 7.17. The Labute approximate surface area is 113 Å². The van der Waals surface area contributed by atoms with Gasteiger partial charge in [0.05, 0.1) is 0 Å². The van der Waals surface area contributed by atoms with Crippen LogP contribution in [0.3, 0.4) is 0 Å². The summed E-state index contributed by atoms with van der Waals surface area (Å²) in [4.78, 5) is 16.1. The summed E-state index contributed by atoms with van der Waals surface area (Å²) in [7, 11) is 0. The molecule has 3 heteroatoms. The summed E-state index contributed by atoms with van der Waals surface area (Å²) in [5.74, 6) is 0.792. The van der Waals surface area contributed by atoms with Crippen LogP contribution < -0.4 is 0 Å². The molecule has 0 N–H and O–H groups in total. The molecule has 1 heterocycles. The number of carbonyl (C=O) groups excluding carboxylic acids is 1. The fourth-order valence-corrected chi connectivity index (χ4v) is 3.65. The van der Waals surface area contributed by atoms with Crippen molar-refractivity contribution in [2.45, 2.75) is 51.0 Å². The van der Waals surface area contributed by atoms with Crippen LogP contribution in [0.1, 0.15) is 43.4 Å². The summed E-state index contributed by atoms with van der Waals surface area (Å²) in [5, 5.41) is 2.12. The number of nitrogens with zero attached hydrogens (tertiary/aromatic N) is 1. The zero-order valence-electron chi connectivity index (χ0n) is 10.8. The Bertz CT molecular complexity index is 391. The van der Waals surface area contributed by atoms with Gasteiger partial charge in [0.25, 0.3) is 0 Å². The predicted molar refractivity (Wildman–Crippen MR) is 74.7 cm³/mol. The third-order valence-corrected chi connectivity index (χ3v) is 5.09. The van der Waals surface area contributed by atoms with Crippen molar-refractivity contribution < 1.29 is 4.79 Å². The molecule has 0 saturated heterocycles. The first-order valence-corrected chi connectivity index (χ1v) is 8.05. The summed E-state index contributed by atoms with van der Waals surface area (Å²) in [6.07, 6.45) is 8.24. The van der Waals surface area contributed by atoms with Crippen LogP contribution in [0.4, 0.5) is 0 Å². The Balaban J connectivity index is 1.59. The second-order valence-electron chi connectivity index (χ2n) is 5.57. The summed E-state index contributed by atoms with van der Waals surface area (Å²) in [6, 6.07) is 4.84. The molecule has 2 aliphatic carbocycles. The number of rotatable bonds is 5. The van der Waals surface area contributed by atoms with Gasteiger partial charge in [-0.3, -0.25) is 4.79 Å². The van der Waals surface area contributed by atoms with Gasteiger partial charge in [-0.15, -0.1) is 11.3 Å². The molecule has 3 rings (SSSR count). The van der Waals surface area contributed by atoms with Crippen LogP contribution in [-0.2, 0) is 11.2 Å². The molecule has 0 aliphatic heterocycles. The maximum Gasteiger partial charge on any atom is 0.225 e. The van der Waals surface area contributed by atoms with Gasteiger partial charge in [-0.1, -0.05) is 18.9 Å². The smallest absolute Gasteiger partial charge is 0.225 e. The van der Waals surface area contributed by atoms with E-state index in [1.165, 1.54) is 30.6 Å². The minimum absolute atomic E-state index is 0.342. The molecule has 1 aromatic heterocycles. The zero-order valence-corrected chi connectivity index (χ0v) is 11.6. The monoisotopic (exact) mass is 263 g/mol. The van der Waals surface area contributed by atoms with Crippen LogP contribution in [0.2, 0.25) is 0 Å². The third-order valence-electron chi connectivity index (χ3n) is 4.15. The van der Waals surface area contributed by atoms with Gasteiger partial charge in [0.15, 0.2) is 0 Å². The Morgan fingerprint density at radius 1 is 1.28 bits per heavy atom. The summed E-state index contributed by atoms with van der Waals surface area (Å²) in [6.45, 7) is 0.931. The average molecular weight is 263 g/mol. The van der Waals surface area contributed by atoms with Crippen molar-refractivity contribution in [3.63, 3.8) is 0 Å². The van der Waals surface area contributed by atoms with E-state index < -0.39 is 0 Å². The lowest BCUT2D eigenvalue weighted by atomic mass is 10.1. The maximum absolute atomic E-state index is 12.5. The van der Waals surface area contributed by atoms with Gasteiger partial charge in [-0.25, -0.2) is 0 Å². The van der Waals surface area contributed by atoms with E-state index in [9.17, 15) is 4.79 Å². The molecule has 2 saturated carbocycles. The molecule has 2 nitrogen and oxygen atoms in total. The molecular weight excluding hydrogens is 242 g/mol. The summed E-state index contributed by atoms with van der Waals surface area (Å²) < 4.78 is 0. The molecule has 0 unspecified atom stereocenters. The number of amides is 1. The van der Waals surface area contributed by atoms with E-state index in [1.54, 1.807) is 11.3 Å². The van der Waals surface area contributed by atoms with E-state index in [2.05, 4.69) is 22.4 Å². The van der Waals surface area contributed by atoms with E-state index in [0.717, 1.165) is 25.8 Å². The topological polar surface area (TPSA) is 20.3 Å². The van der Waals surface area contributed by atoms with Gasteiger partial charge in [0.2, 0.25) is 5.91 Å². The first-order chi connectivity index (χ1) is 8.84. The van der Waals surface area contributed by atoms with Crippen LogP contribution in [0.5, 0.6) is 0 Å². The number of hydrogen-bond donors (Lipinski definition) is 0. The Hall–Kier alpha value is -0.830. The minimum Gasteiger partial charge on any atom is -0.339 e. The first kappa shape index (κ1) is 12.2. The largest absolute Gasteiger partial charge is 0.339 e. The molecule has 0 radical (unpaired) electrons. The SMILES string of the molecule is O=C(C1CCCC1)N(CCc1cccs1)C1CC1. The van der Waals surface area contributed by atoms with Crippen LogP contribution in [-0.4, -0.2) is 23.4 Å². The third kappa shape index (κ3) is 2.77. The second-order valence-corrected chi connectivity index (χ2v) is 6.61. The number of carbonyl (C=O) groups is 1. The van der Waals surface area contributed by atoms with Gasteiger partial charge < -0.3 is 4.90 Å².